The molecule has 1 aromatic carbocycles. The number of hydrogen-bond donors (Lipinski definition) is 5. The highest BCUT2D eigenvalue weighted by Gasteiger charge is 2.11. The average molecular weight is 440 g/mol. The third-order valence-electron chi connectivity index (χ3n) is 5.37. The Balaban J connectivity index is 0.000000639. The molecule has 180 valence electrons. The minimum Gasteiger partial charge on any atom is -0.504 e. The van der Waals surface area contributed by atoms with Crippen molar-refractivity contribution in [1.29, 1.82) is 0 Å². The summed E-state index contributed by atoms with van der Waals surface area (Å²) in [5.74, 6) is -3.33. The molecule has 0 aliphatic heterocycles. The number of phenolic OH excluding ortho intramolecular Hbond substituents is 3. The van der Waals surface area contributed by atoms with Gasteiger partial charge in [-0.05, 0) is 25.1 Å². The molecule has 0 spiro atoms. The quantitative estimate of drug-likeness (QED) is 0.136. The Labute approximate surface area is 188 Å². The zero-order valence-electron chi connectivity index (χ0n) is 19.4. The molecule has 0 unspecified atom stereocenters. The fourth-order valence-electron chi connectivity index (χ4n) is 3.42. The molecule has 0 bridgehead atoms. The fraction of sp³-hybridized carbons (Fsp3) is 0.720. The van der Waals surface area contributed by atoms with Crippen molar-refractivity contribution in [3.8, 4) is 17.2 Å². The van der Waals surface area contributed by atoms with Gasteiger partial charge in [0.2, 0.25) is 0 Å². The second kappa shape index (κ2) is 20.0. The minimum absolute atomic E-state index is 0.289. The van der Waals surface area contributed by atoms with Crippen molar-refractivity contribution in [3.05, 3.63) is 17.7 Å². The summed E-state index contributed by atoms with van der Waals surface area (Å²) in [4.78, 5) is 10.3. The average Bonchev–Trinajstić information content (AvgIpc) is 2.75. The summed E-state index contributed by atoms with van der Waals surface area (Å²) in [6, 6.07) is 1.69. The minimum atomic E-state index is -1.29. The Kier molecular flexibility index (Phi) is 18.7. The molecule has 0 heterocycles. The molecule has 1 aromatic rings. The van der Waals surface area contributed by atoms with E-state index in [1.54, 1.807) is 0 Å². The van der Waals surface area contributed by atoms with E-state index in [4.69, 9.17) is 26.2 Å². The first kappa shape index (κ1) is 29.1. The van der Waals surface area contributed by atoms with E-state index in [2.05, 4.69) is 6.92 Å². The number of carboxylic acid groups (broad SMARTS) is 1. The number of hydrogen-bond acceptors (Lipinski definition) is 5. The normalized spacial score (nSPS) is 10.5. The highest BCUT2D eigenvalue weighted by molar-refractivity contribution is 5.89. The first-order chi connectivity index (χ1) is 14.9. The smallest absolute Gasteiger partial charge is 0.335 e. The summed E-state index contributed by atoms with van der Waals surface area (Å²) in [5, 5.41) is 35.0. The highest BCUT2D eigenvalue weighted by Crippen LogP contribution is 2.35. The van der Waals surface area contributed by atoms with Gasteiger partial charge in [-0.25, -0.2) is 4.79 Å². The maximum absolute atomic E-state index is 10.3. The molecule has 0 aliphatic carbocycles. The van der Waals surface area contributed by atoms with Crippen LogP contribution in [0.3, 0.4) is 0 Å². The lowest BCUT2D eigenvalue weighted by atomic mass is 10.0. The Morgan fingerprint density at radius 3 is 1.29 bits per heavy atom. The van der Waals surface area contributed by atoms with Gasteiger partial charge < -0.3 is 26.2 Å². The molecule has 0 atom stereocenters. The summed E-state index contributed by atoms with van der Waals surface area (Å²) < 4.78 is 0. The predicted molar refractivity (Wildman–Crippen MR) is 127 cm³/mol. The van der Waals surface area contributed by atoms with Crippen LogP contribution in [0, 0.1) is 0 Å². The van der Waals surface area contributed by atoms with Crippen LogP contribution >= 0.6 is 0 Å². The van der Waals surface area contributed by atoms with Crippen molar-refractivity contribution in [1.82, 2.24) is 0 Å². The third kappa shape index (κ3) is 16.4. The van der Waals surface area contributed by atoms with E-state index in [9.17, 15) is 4.79 Å². The lowest BCUT2D eigenvalue weighted by molar-refractivity contribution is 0.0696. The van der Waals surface area contributed by atoms with Crippen molar-refractivity contribution < 1.29 is 25.2 Å². The second-order valence-electron chi connectivity index (χ2n) is 8.26. The molecule has 0 radical (unpaired) electrons. The Bertz CT molecular complexity index is 538. The predicted octanol–water partition coefficient (Wildman–Crippen LogP) is 6.71. The van der Waals surface area contributed by atoms with Gasteiger partial charge in [0.1, 0.15) is 0 Å². The van der Waals surface area contributed by atoms with Crippen LogP contribution in [0.5, 0.6) is 17.2 Å². The van der Waals surface area contributed by atoms with E-state index < -0.39 is 23.2 Å². The van der Waals surface area contributed by atoms with Crippen LogP contribution in [0.15, 0.2) is 12.1 Å². The fourth-order valence-corrected chi connectivity index (χ4v) is 3.42. The summed E-state index contributed by atoms with van der Waals surface area (Å²) in [6.45, 7) is 3.16. The highest BCUT2D eigenvalue weighted by atomic mass is 16.4. The van der Waals surface area contributed by atoms with Crippen molar-refractivity contribution >= 4 is 5.97 Å². The first-order valence-corrected chi connectivity index (χ1v) is 12.1. The molecule has 0 aliphatic rings. The molecular formula is C25H45NO5. The van der Waals surface area contributed by atoms with Gasteiger partial charge in [-0.1, -0.05) is 103 Å². The molecule has 6 nitrogen and oxygen atoms in total. The van der Waals surface area contributed by atoms with Gasteiger partial charge in [0, 0.05) is 0 Å². The molecule has 0 saturated heterocycles. The van der Waals surface area contributed by atoms with Gasteiger partial charge in [0.05, 0.1) is 5.56 Å². The number of aromatic hydroxyl groups is 3. The molecule has 31 heavy (non-hydrogen) atoms. The summed E-state index contributed by atoms with van der Waals surface area (Å²) in [6.07, 6.45) is 22.9. The molecule has 6 N–H and O–H groups in total. The number of nitrogens with two attached hydrogens (primary N) is 1. The van der Waals surface area contributed by atoms with Crippen molar-refractivity contribution in [2.45, 2.75) is 110 Å². The Morgan fingerprint density at radius 2 is 1.00 bits per heavy atom. The first-order valence-electron chi connectivity index (χ1n) is 12.1. The van der Waals surface area contributed by atoms with Gasteiger partial charge in [0.25, 0.3) is 0 Å². The van der Waals surface area contributed by atoms with E-state index in [0.717, 1.165) is 18.7 Å². The number of carbonyl (C=O) groups is 1. The van der Waals surface area contributed by atoms with Gasteiger partial charge in [-0.3, -0.25) is 0 Å². The largest absolute Gasteiger partial charge is 0.504 e. The van der Waals surface area contributed by atoms with Crippen LogP contribution in [-0.4, -0.2) is 32.9 Å². The zero-order chi connectivity index (χ0) is 23.3. The monoisotopic (exact) mass is 439 g/mol. The lowest BCUT2D eigenvalue weighted by Crippen LogP contribution is -1.97. The van der Waals surface area contributed by atoms with Crippen LogP contribution < -0.4 is 5.73 Å². The summed E-state index contributed by atoms with van der Waals surface area (Å²) in [7, 11) is 0. The number of aromatic carboxylic acids is 1. The maximum Gasteiger partial charge on any atom is 0.335 e. The molecular weight excluding hydrogens is 394 g/mol. The van der Waals surface area contributed by atoms with Crippen LogP contribution in [0.25, 0.3) is 0 Å². The van der Waals surface area contributed by atoms with Crippen LogP contribution in [-0.2, 0) is 0 Å². The third-order valence-corrected chi connectivity index (χ3v) is 5.37. The van der Waals surface area contributed by atoms with E-state index in [1.807, 2.05) is 0 Å². The van der Waals surface area contributed by atoms with E-state index in [0.29, 0.717) is 0 Å². The van der Waals surface area contributed by atoms with Crippen LogP contribution in [0.2, 0.25) is 0 Å². The summed E-state index contributed by atoms with van der Waals surface area (Å²) >= 11 is 0. The number of phenols is 3. The zero-order valence-corrected chi connectivity index (χ0v) is 19.4. The number of unbranched alkanes of at least 4 members (excludes halogenated alkanes) is 15. The summed E-state index contributed by atoms with van der Waals surface area (Å²) in [5.41, 5.74) is 5.19. The maximum atomic E-state index is 10.3. The number of rotatable bonds is 17. The van der Waals surface area contributed by atoms with Gasteiger partial charge in [-0.2, -0.15) is 0 Å². The van der Waals surface area contributed by atoms with Crippen LogP contribution in [0.1, 0.15) is 120 Å². The molecule has 0 fully saturated rings. The molecule has 6 heteroatoms. The number of benzene rings is 1. The van der Waals surface area contributed by atoms with Gasteiger partial charge >= 0.3 is 5.97 Å². The molecule has 0 aromatic heterocycles. The SMILES string of the molecule is CCCCCCCCCCCCCCCCCCN.O=C(O)c1cc(O)c(O)c(O)c1. The Morgan fingerprint density at radius 1 is 0.677 bits per heavy atom. The van der Waals surface area contributed by atoms with E-state index >= 15 is 0 Å². The topological polar surface area (TPSA) is 124 Å². The Hall–Kier alpha value is -1.95. The molecule has 1 rings (SSSR count). The van der Waals surface area contributed by atoms with Crippen LogP contribution in [0.4, 0.5) is 0 Å². The van der Waals surface area contributed by atoms with Crippen molar-refractivity contribution in [3.63, 3.8) is 0 Å². The van der Waals surface area contributed by atoms with Gasteiger partial charge in [-0.15, -0.1) is 0 Å². The van der Waals surface area contributed by atoms with E-state index in [-0.39, 0.29) is 5.56 Å². The lowest BCUT2D eigenvalue weighted by Gasteiger charge is -2.03. The number of carboxylic acids is 1. The molecule has 0 saturated carbocycles. The van der Waals surface area contributed by atoms with E-state index in [1.165, 1.54) is 103 Å². The second-order valence-corrected chi connectivity index (χ2v) is 8.26. The molecule has 0 amide bonds. The van der Waals surface area contributed by atoms with Crippen molar-refractivity contribution in [2.24, 2.45) is 5.73 Å². The van der Waals surface area contributed by atoms with Crippen molar-refractivity contribution in [2.75, 3.05) is 6.54 Å². The van der Waals surface area contributed by atoms with Gasteiger partial charge in [0.15, 0.2) is 17.2 Å². The standard InChI is InChI=1S/C18H39N.C7H6O5/c1-2-3-4-5-6-7-8-9-10-11-12-13-14-15-16-17-18-19;8-4-1-3(7(11)12)2-5(9)6(4)10/h2-19H2,1H3;1-2,8-10H,(H,11,12).